The summed E-state index contributed by atoms with van der Waals surface area (Å²) in [4.78, 5) is 12.8. The Morgan fingerprint density at radius 3 is 2.54 bits per heavy atom. The summed E-state index contributed by atoms with van der Waals surface area (Å²) in [6, 6.07) is 0. The van der Waals surface area contributed by atoms with E-state index in [0.717, 1.165) is 25.9 Å². The number of rotatable bonds is 1. The molecule has 1 saturated heterocycles. The molecule has 0 radical (unpaired) electrons. The molecule has 0 aromatic carbocycles. The molecule has 0 bridgehead atoms. The molecule has 78 valence electrons. The lowest BCUT2D eigenvalue weighted by atomic mass is 10.1. The van der Waals surface area contributed by atoms with E-state index in [2.05, 4.69) is 0 Å². The molecular weight excluding hydrogens is 166 g/mol. The predicted molar refractivity (Wildman–Crippen MR) is 53.6 cm³/mol. The molecule has 3 nitrogen and oxygen atoms in total. The Morgan fingerprint density at radius 2 is 2.08 bits per heavy atom. The van der Waals surface area contributed by atoms with E-state index in [0.29, 0.717) is 0 Å². The summed E-state index contributed by atoms with van der Waals surface area (Å²) in [7, 11) is 1.70. The van der Waals surface area contributed by atoms with Crippen LogP contribution >= 0.6 is 0 Å². The fourth-order valence-electron chi connectivity index (χ4n) is 1.42. The number of piperidine rings is 1. The number of ether oxygens (including phenoxy) is 1. The Hall–Kier alpha value is -0.570. The van der Waals surface area contributed by atoms with E-state index in [1.807, 2.05) is 18.7 Å². The molecule has 1 unspecified atom stereocenters. The van der Waals surface area contributed by atoms with Crippen LogP contribution in [-0.2, 0) is 9.53 Å². The average Bonchev–Trinajstić information content (AvgIpc) is 2.21. The fraction of sp³-hybridized carbons (Fsp3) is 0.900. The zero-order valence-corrected chi connectivity index (χ0v) is 9.17. The Kier molecular flexibility index (Phi) is 6.59. The highest BCUT2D eigenvalue weighted by Crippen LogP contribution is 2.11. The van der Waals surface area contributed by atoms with Crippen LogP contribution in [0.5, 0.6) is 0 Å². The first-order valence-corrected chi connectivity index (χ1v) is 5.02. The van der Waals surface area contributed by atoms with E-state index in [9.17, 15) is 4.79 Å². The molecule has 13 heavy (non-hydrogen) atoms. The van der Waals surface area contributed by atoms with Gasteiger partial charge in [0, 0.05) is 27.1 Å². The van der Waals surface area contributed by atoms with Gasteiger partial charge in [0.05, 0.1) is 6.10 Å². The number of carbonyl (C=O) groups excluding carboxylic acids is 1. The molecule has 1 aliphatic rings. The predicted octanol–water partition coefficient (Wildman–Crippen LogP) is 1.67. The van der Waals surface area contributed by atoms with Crippen molar-refractivity contribution in [1.29, 1.82) is 0 Å². The van der Waals surface area contributed by atoms with E-state index in [1.165, 1.54) is 0 Å². The van der Waals surface area contributed by atoms with Crippen LogP contribution in [0.4, 0.5) is 0 Å². The lowest BCUT2D eigenvalue weighted by Crippen LogP contribution is -2.41. The van der Waals surface area contributed by atoms with Gasteiger partial charge in [-0.2, -0.15) is 0 Å². The lowest BCUT2D eigenvalue weighted by Gasteiger charge is -2.30. The van der Waals surface area contributed by atoms with E-state index in [4.69, 9.17) is 4.74 Å². The molecule has 0 saturated carbocycles. The minimum absolute atomic E-state index is 0.159. The van der Waals surface area contributed by atoms with Crippen LogP contribution in [0.3, 0.4) is 0 Å². The fourth-order valence-corrected chi connectivity index (χ4v) is 1.42. The van der Waals surface area contributed by atoms with Crippen molar-refractivity contribution in [1.82, 2.24) is 4.90 Å². The molecule has 0 spiro atoms. The highest BCUT2D eigenvalue weighted by atomic mass is 16.5. The molecular formula is C10H21NO2. The third-order valence-corrected chi connectivity index (χ3v) is 2.16. The molecule has 1 heterocycles. The number of amides is 1. The van der Waals surface area contributed by atoms with Gasteiger partial charge >= 0.3 is 0 Å². The van der Waals surface area contributed by atoms with Crippen LogP contribution in [0.15, 0.2) is 0 Å². The van der Waals surface area contributed by atoms with Crippen LogP contribution in [0, 0.1) is 0 Å². The van der Waals surface area contributed by atoms with E-state index >= 15 is 0 Å². The lowest BCUT2D eigenvalue weighted by molar-refractivity contribution is -0.132. The first-order chi connectivity index (χ1) is 6.24. The molecule has 1 rings (SSSR count). The van der Waals surface area contributed by atoms with Gasteiger partial charge in [0.2, 0.25) is 5.91 Å². The van der Waals surface area contributed by atoms with E-state index < -0.39 is 0 Å². The third kappa shape index (κ3) is 4.27. The number of likely N-dealkylation sites (tertiary alicyclic amines) is 1. The average molecular weight is 187 g/mol. The summed E-state index contributed by atoms with van der Waals surface area (Å²) in [5.74, 6) is 0.159. The number of nitrogens with zero attached hydrogens (tertiary/aromatic N) is 1. The zero-order valence-electron chi connectivity index (χ0n) is 9.17. The van der Waals surface area contributed by atoms with Crippen LogP contribution < -0.4 is 0 Å². The first-order valence-electron chi connectivity index (χ1n) is 5.02. The normalized spacial score (nSPS) is 21.8. The second-order valence-corrected chi connectivity index (χ2v) is 2.96. The number of hydrogen-bond acceptors (Lipinski definition) is 2. The quantitative estimate of drug-likeness (QED) is 0.625. The standard InChI is InChI=1S/C8H15NO2.C2H6/c1-7(10)9-5-3-4-8(6-9)11-2;1-2/h8H,3-6H2,1-2H3;1-2H3. The third-order valence-electron chi connectivity index (χ3n) is 2.16. The van der Waals surface area contributed by atoms with Gasteiger partial charge in [0.1, 0.15) is 0 Å². The van der Waals surface area contributed by atoms with Crippen molar-refractivity contribution >= 4 is 5.91 Å². The summed E-state index contributed by atoms with van der Waals surface area (Å²) >= 11 is 0. The Morgan fingerprint density at radius 1 is 1.46 bits per heavy atom. The highest BCUT2D eigenvalue weighted by molar-refractivity contribution is 5.73. The van der Waals surface area contributed by atoms with Crippen LogP contribution in [0.25, 0.3) is 0 Å². The highest BCUT2D eigenvalue weighted by Gasteiger charge is 2.20. The van der Waals surface area contributed by atoms with Gasteiger partial charge in [0.15, 0.2) is 0 Å². The smallest absolute Gasteiger partial charge is 0.219 e. The largest absolute Gasteiger partial charge is 0.380 e. The maximum absolute atomic E-state index is 10.9. The minimum atomic E-state index is 0.159. The van der Waals surface area contributed by atoms with Crippen LogP contribution in [0.2, 0.25) is 0 Å². The Labute approximate surface area is 81.1 Å². The monoisotopic (exact) mass is 187 g/mol. The van der Waals surface area contributed by atoms with Crippen LogP contribution in [0.1, 0.15) is 33.6 Å². The second-order valence-electron chi connectivity index (χ2n) is 2.96. The van der Waals surface area contributed by atoms with Crippen molar-refractivity contribution in [3.63, 3.8) is 0 Å². The van der Waals surface area contributed by atoms with Gasteiger partial charge < -0.3 is 9.64 Å². The van der Waals surface area contributed by atoms with Gasteiger partial charge in [-0.15, -0.1) is 0 Å². The van der Waals surface area contributed by atoms with Crippen molar-refractivity contribution in [2.75, 3.05) is 20.2 Å². The molecule has 1 atom stereocenters. The molecule has 0 aliphatic carbocycles. The number of carbonyl (C=O) groups is 1. The van der Waals surface area contributed by atoms with E-state index in [1.54, 1.807) is 14.0 Å². The maximum atomic E-state index is 10.9. The summed E-state index contributed by atoms with van der Waals surface area (Å²) in [5, 5.41) is 0. The Bertz CT molecular complexity index is 148. The van der Waals surface area contributed by atoms with Gasteiger partial charge in [-0.3, -0.25) is 4.79 Å². The molecule has 0 aromatic rings. The summed E-state index contributed by atoms with van der Waals surface area (Å²) in [5.41, 5.74) is 0. The SMILES string of the molecule is CC.COC1CCCN(C(C)=O)C1. The van der Waals surface area contributed by atoms with Gasteiger partial charge in [-0.1, -0.05) is 13.8 Å². The Balaban J connectivity index is 0.000000671. The summed E-state index contributed by atoms with van der Waals surface area (Å²) in [6.45, 7) is 7.28. The minimum Gasteiger partial charge on any atom is -0.380 e. The number of methoxy groups -OCH3 is 1. The van der Waals surface area contributed by atoms with Crippen molar-refractivity contribution in [3.05, 3.63) is 0 Å². The van der Waals surface area contributed by atoms with Crippen molar-refractivity contribution in [2.24, 2.45) is 0 Å². The summed E-state index contributed by atoms with van der Waals surface area (Å²) < 4.78 is 5.18. The van der Waals surface area contributed by atoms with Gasteiger partial charge in [0.25, 0.3) is 0 Å². The van der Waals surface area contributed by atoms with Crippen molar-refractivity contribution < 1.29 is 9.53 Å². The van der Waals surface area contributed by atoms with E-state index in [-0.39, 0.29) is 12.0 Å². The van der Waals surface area contributed by atoms with Crippen molar-refractivity contribution in [3.8, 4) is 0 Å². The van der Waals surface area contributed by atoms with Gasteiger partial charge in [-0.05, 0) is 12.8 Å². The first kappa shape index (κ1) is 12.4. The summed E-state index contributed by atoms with van der Waals surface area (Å²) in [6.07, 6.45) is 2.41. The zero-order chi connectivity index (χ0) is 10.3. The topological polar surface area (TPSA) is 29.5 Å². The van der Waals surface area contributed by atoms with Crippen LogP contribution in [-0.4, -0.2) is 37.1 Å². The molecule has 1 aliphatic heterocycles. The molecule has 0 N–H and O–H groups in total. The van der Waals surface area contributed by atoms with Gasteiger partial charge in [-0.25, -0.2) is 0 Å². The maximum Gasteiger partial charge on any atom is 0.219 e. The number of hydrogen-bond donors (Lipinski definition) is 0. The molecule has 1 amide bonds. The second kappa shape index (κ2) is 6.89. The molecule has 3 heteroatoms. The van der Waals surface area contributed by atoms with Crippen molar-refractivity contribution in [2.45, 2.75) is 39.7 Å². The molecule has 1 fully saturated rings. The molecule has 0 aromatic heterocycles.